The first kappa shape index (κ1) is 17.8. The van der Waals surface area contributed by atoms with Crippen LogP contribution in [0.4, 0.5) is 0 Å². The van der Waals surface area contributed by atoms with E-state index in [0.29, 0.717) is 28.9 Å². The predicted molar refractivity (Wildman–Crippen MR) is 93.9 cm³/mol. The second-order valence-corrected chi connectivity index (χ2v) is 6.06. The highest BCUT2D eigenvalue weighted by atomic mass is 35.5. The average Bonchev–Trinajstić information content (AvgIpc) is 3.16. The van der Waals surface area contributed by atoms with Gasteiger partial charge in [0.25, 0.3) is 5.91 Å². The van der Waals surface area contributed by atoms with Gasteiger partial charge in [0.05, 0.1) is 10.7 Å². The summed E-state index contributed by atoms with van der Waals surface area (Å²) in [5.74, 6) is 0.228. The molecule has 23 heavy (non-hydrogen) atoms. The number of hydrogen-bond acceptors (Lipinski definition) is 3. The van der Waals surface area contributed by atoms with E-state index >= 15 is 0 Å². The third kappa shape index (κ3) is 3.86. The highest BCUT2D eigenvalue weighted by Gasteiger charge is 2.28. The number of amides is 1. The molecule has 1 heterocycles. The lowest BCUT2D eigenvalue weighted by molar-refractivity contribution is 0.0923. The van der Waals surface area contributed by atoms with E-state index in [2.05, 4.69) is 15.5 Å². The van der Waals surface area contributed by atoms with Crippen LogP contribution in [0.3, 0.4) is 0 Å². The Balaban J connectivity index is 0.00000192. The van der Waals surface area contributed by atoms with E-state index in [1.165, 1.54) is 0 Å². The summed E-state index contributed by atoms with van der Waals surface area (Å²) in [7, 11) is 0. The quantitative estimate of drug-likeness (QED) is 0.788. The first-order valence-corrected chi connectivity index (χ1v) is 7.88. The Morgan fingerprint density at radius 2 is 2.17 bits per heavy atom. The molecule has 7 heteroatoms. The monoisotopic (exact) mass is 354 g/mol. The maximum atomic E-state index is 12.3. The zero-order valence-electron chi connectivity index (χ0n) is 12.6. The normalized spacial score (nSPS) is 20.1. The standard InChI is InChI=1S/C16H19ClN4O.ClH/c17-12-6-2-1-5-11(12)14-8-15(21-20-14)16(22)19-13-7-3-4-10(13)9-18;/h1-2,5-6,8,10,13H,3-4,7,9,18H2,(H,19,22)(H,20,21);1H. The second-order valence-electron chi connectivity index (χ2n) is 5.65. The molecular formula is C16H20Cl2N4O. The van der Waals surface area contributed by atoms with E-state index in [-0.39, 0.29) is 24.4 Å². The molecule has 5 nitrogen and oxygen atoms in total. The minimum absolute atomic E-state index is 0. The van der Waals surface area contributed by atoms with Crippen molar-refractivity contribution in [3.63, 3.8) is 0 Å². The number of aromatic amines is 1. The predicted octanol–water partition coefficient (Wildman–Crippen LogP) is 3.01. The molecule has 0 radical (unpaired) electrons. The molecule has 2 unspecified atom stereocenters. The van der Waals surface area contributed by atoms with E-state index in [1.54, 1.807) is 12.1 Å². The molecule has 3 rings (SSSR count). The van der Waals surface area contributed by atoms with Crippen molar-refractivity contribution in [1.29, 1.82) is 0 Å². The van der Waals surface area contributed by atoms with Crippen LogP contribution < -0.4 is 11.1 Å². The maximum Gasteiger partial charge on any atom is 0.269 e. The highest BCUT2D eigenvalue weighted by Crippen LogP contribution is 2.27. The molecule has 2 aromatic rings. The van der Waals surface area contributed by atoms with Crippen LogP contribution in [0.15, 0.2) is 30.3 Å². The highest BCUT2D eigenvalue weighted by molar-refractivity contribution is 6.33. The zero-order chi connectivity index (χ0) is 15.5. The number of nitrogens with one attached hydrogen (secondary N) is 2. The van der Waals surface area contributed by atoms with Crippen LogP contribution in [0.1, 0.15) is 29.8 Å². The number of hydrogen-bond donors (Lipinski definition) is 3. The van der Waals surface area contributed by atoms with Crippen LogP contribution in [0, 0.1) is 5.92 Å². The van der Waals surface area contributed by atoms with E-state index in [9.17, 15) is 4.79 Å². The molecule has 1 aliphatic carbocycles. The van der Waals surface area contributed by atoms with E-state index in [4.69, 9.17) is 17.3 Å². The van der Waals surface area contributed by atoms with Crippen LogP contribution in [-0.4, -0.2) is 28.7 Å². The largest absolute Gasteiger partial charge is 0.348 e. The number of H-pyrrole nitrogens is 1. The number of nitrogens with zero attached hydrogens (tertiary/aromatic N) is 1. The summed E-state index contributed by atoms with van der Waals surface area (Å²) in [4.78, 5) is 12.3. The van der Waals surface area contributed by atoms with E-state index < -0.39 is 0 Å². The summed E-state index contributed by atoms with van der Waals surface area (Å²) in [6.45, 7) is 0.610. The van der Waals surface area contributed by atoms with Crippen molar-refractivity contribution in [3.8, 4) is 11.3 Å². The van der Waals surface area contributed by atoms with Gasteiger partial charge in [0.15, 0.2) is 0 Å². The molecule has 1 aromatic carbocycles. The smallest absolute Gasteiger partial charge is 0.269 e. The molecule has 2 atom stereocenters. The van der Waals surface area contributed by atoms with Gasteiger partial charge in [-0.15, -0.1) is 12.4 Å². The average molecular weight is 355 g/mol. The summed E-state index contributed by atoms with van der Waals surface area (Å²) < 4.78 is 0. The van der Waals surface area contributed by atoms with Crippen molar-refractivity contribution in [2.24, 2.45) is 11.7 Å². The first-order chi connectivity index (χ1) is 10.7. The Kier molecular flexibility index (Phi) is 6.04. The summed E-state index contributed by atoms with van der Waals surface area (Å²) >= 11 is 6.15. The maximum absolute atomic E-state index is 12.3. The van der Waals surface area contributed by atoms with Gasteiger partial charge in [0.1, 0.15) is 5.69 Å². The number of benzene rings is 1. The fourth-order valence-corrected chi connectivity index (χ4v) is 3.23. The van der Waals surface area contributed by atoms with Crippen LogP contribution >= 0.6 is 24.0 Å². The SMILES string of the molecule is Cl.NCC1CCCC1NC(=O)c1cc(-c2ccccc2Cl)n[nH]1. The van der Waals surface area contributed by atoms with Gasteiger partial charge in [-0.1, -0.05) is 36.2 Å². The molecule has 0 saturated heterocycles. The summed E-state index contributed by atoms with van der Waals surface area (Å²) in [5, 5.41) is 10.6. The van der Waals surface area contributed by atoms with Crippen molar-refractivity contribution in [3.05, 3.63) is 41.0 Å². The van der Waals surface area contributed by atoms with E-state index in [1.807, 2.05) is 18.2 Å². The molecule has 0 bridgehead atoms. The molecule has 0 aliphatic heterocycles. The fraction of sp³-hybridized carbons (Fsp3) is 0.375. The lowest BCUT2D eigenvalue weighted by Gasteiger charge is -2.18. The van der Waals surface area contributed by atoms with Crippen molar-refractivity contribution in [2.45, 2.75) is 25.3 Å². The zero-order valence-corrected chi connectivity index (χ0v) is 14.2. The van der Waals surface area contributed by atoms with Gasteiger partial charge in [0.2, 0.25) is 0 Å². The molecule has 1 aliphatic rings. The minimum Gasteiger partial charge on any atom is -0.348 e. The van der Waals surface area contributed by atoms with Crippen LogP contribution in [0.25, 0.3) is 11.3 Å². The molecule has 1 aromatic heterocycles. The molecule has 1 amide bonds. The van der Waals surface area contributed by atoms with Crippen molar-refractivity contribution >= 4 is 29.9 Å². The second kappa shape index (κ2) is 7.81. The Morgan fingerprint density at radius 3 is 2.91 bits per heavy atom. The van der Waals surface area contributed by atoms with Gasteiger partial charge >= 0.3 is 0 Å². The summed E-state index contributed by atoms with van der Waals surface area (Å²) in [6, 6.07) is 9.31. The lowest BCUT2D eigenvalue weighted by Crippen LogP contribution is -2.40. The number of carbonyl (C=O) groups is 1. The third-order valence-electron chi connectivity index (χ3n) is 4.25. The van der Waals surface area contributed by atoms with Gasteiger partial charge < -0.3 is 11.1 Å². The topological polar surface area (TPSA) is 83.8 Å². The number of halogens is 2. The van der Waals surface area contributed by atoms with Gasteiger partial charge in [-0.2, -0.15) is 5.10 Å². The van der Waals surface area contributed by atoms with Crippen molar-refractivity contribution in [2.75, 3.05) is 6.54 Å². The molecule has 4 N–H and O–H groups in total. The minimum atomic E-state index is -0.142. The lowest BCUT2D eigenvalue weighted by atomic mass is 10.0. The molecule has 0 spiro atoms. The number of aromatic nitrogens is 2. The molecule has 1 saturated carbocycles. The Morgan fingerprint density at radius 1 is 1.39 bits per heavy atom. The molecule has 124 valence electrons. The van der Waals surface area contributed by atoms with Crippen LogP contribution in [0.2, 0.25) is 5.02 Å². The first-order valence-electron chi connectivity index (χ1n) is 7.50. The molecular weight excluding hydrogens is 335 g/mol. The van der Waals surface area contributed by atoms with Crippen molar-refractivity contribution in [1.82, 2.24) is 15.5 Å². The number of nitrogens with two attached hydrogens (primary N) is 1. The van der Waals surface area contributed by atoms with E-state index in [0.717, 1.165) is 24.8 Å². The van der Waals surface area contributed by atoms with Gasteiger partial charge in [-0.25, -0.2) is 0 Å². The van der Waals surface area contributed by atoms with Gasteiger partial charge in [0, 0.05) is 11.6 Å². The van der Waals surface area contributed by atoms with Crippen LogP contribution in [-0.2, 0) is 0 Å². The Bertz CT molecular complexity index is 674. The summed E-state index contributed by atoms with van der Waals surface area (Å²) in [5.41, 5.74) is 7.66. The van der Waals surface area contributed by atoms with Gasteiger partial charge in [-0.05, 0) is 37.4 Å². The van der Waals surface area contributed by atoms with Crippen molar-refractivity contribution < 1.29 is 4.79 Å². The fourth-order valence-electron chi connectivity index (χ4n) is 3.00. The number of carbonyl (C=O) groups excluding carboxylic acids is 1. The van der Waals surface area contributed by atoms with Crippen LogP contribution in [0.5, 0.6) is 0 Å². The number of rotatable bonds is 4. The Labute approximate surface area is 146 Å². The van der Waals surface area contributed by atoms with Gasteiger partial charge in [-0.3, -0.25) is 9.89 Å². The third-order valence-corrected chi connectivity index (χ3v) is 4.58. The summed E-state index contributed by atoms with van der Waals surface area (Å²) in [6.07, 6.45) is 3.18. The Hall–Kier alpha value is -1.56. The molecule has 1 fully saturated rings.